The summed E-state index contributed by atoms with van der Waals surface area (Å²) in [4.78, 5) is 26.6. The summed E-state index contributed by atoms with van der Waals surface area (Å²) in [6, 6.07) is 15.7. The van der Waals surface area contributed by atoms with Crippen molar-refractivity contribution in [2.24, 2.45) is 0 Å². The number of carbonyl (C=O) groups excluding carboxylic acids is 2. The molecule has 5 heteroatoms. The van der Waals surface area contributed by atoms with Gasteiger partial charge in [0.2, 0.25) is 5.91 Å². The van der Waals surface area contributed by atoms with Crippen LogP contribution in [0.1, 0.15) is 46.3 Å². The second kappa shape index (κ2) is 10.0. The highest BCUT2D eigenvalue weighted by Gasteiger charge is 2.11. The van der Waals surface area contributed by atoms with Gasteiger partial charge in [0, 0.05) is 18.7 Å². The molecule has 148 valence electrons. The molecular formula is C23H29N3O2. The first-order valence-corrected chi connectivity index (χ1v) is 10.0. The van der Waals surface area contributed by atoms with Gasteiger partial charge in [-0.15, -0.1) is 0 Å². The zero-order valence-electron chi connectivity index (χ0n) is 16.5. The fourth-order valence-corrected chi connectivity index (χ4v) is 3.45. The van der Waals surface area contributed by atoms with Gasteiger partial charge in [0.15, 0.2) is 0 Å². The van der Waals surface area contributed by atoms with Crippen molar-refractivity contribution in [3.05, 3.63) is 70.8 Å². The summed E-state index contributed by atoms with van der Waals surface area (Å²) in [6.07, 6.45) is 3.94. The molecule has 1 aliphatic rings. The highest BCUT2D eigenvalue weighted by Crippen LogP contribution is 2.13. The molecule has 0 aromatic heterocycles. The van der Waals surface area contributed by atoms with E-state index in [1.165, 1.54) is 37.9 Å². The number of benzene rings is 2. The number of aryl methyl sites for hydroxylation is 1. The van der Waals surface area contributed by atoms with Crippen LogP contribution in [0.15, 0.2) is 48.5 Å². The lowest BCUT2D eigenvalue weighted by atomic mass is 10.1. The van der Waals surface area contributed by atoms with E-state index in [9.17, 15) is 9.59 Å². The third-order valence-electron chi connectivity index (χ3n) is 5.06. The minimum atomic E-state index is -0.235. The van der Waals surface area contributed by atoms with Gasteiger partial charge in [0.25, 0.3) is 5.91 Å². The van der Waals surface area contributed by atoms with Gasteiger partial charge < -0.3 is 10.6 Å². The summed E-state index contributed by atoms with van der Waals surface area (Å²) in [7, 11) is 0. The second-order valence-electron chi connectivity index (χ2n) is 7.48. The Bertz CT molecular complexity index is 796. The average molecular weight is 380 g/mol. The van der Waals surface area contributed by atoms with Crippen LogP contribution in [0.3, 0.4) is 0 Å². The lowest BCUT2D eigenvalue weighted by Crippen LogP contribution is -2.36. The lowest BCUT2D eigenvalue weighted by molar-refractivity contribution is -0.120. The molecular weight excluding hydrogens is 350 g/mol. The first kappa shape index (κ1) is 20.1. The Kier molecular flexibility index (Phi) is 7.20. The molecule has 5 nitrogen and oxygen atoms in total. The zero-order chi connectivity index (χ0) is 19.8. The Morgan fingerprint density at radius 2 is 1.64 bits per heavy atom. The molecule has 0 bridgehead atoms. The summed E-state index contributed by atoms with van der Waals surface area (Å²) < 4.78 is 0. The number of nitrogens with zero attached hydrogens (tertiary/aromatic N) is 1. The van der Waals surface area contributed by atoms with Crippen LogP contribution in [0.25, 0.3) is 0 Å². The largest absolute Gasteiger partial charge is 0.350 e. The van der Waals surface area contributed by atoms with Gasteiger partial charge in [-0.3, -0.25) is 14.5 Å². The Labute approximate surface area is 167 Å². The summed E-state index contributed by atoms with van der Waals surface area (Å²) >= 11 is 0. The predicted octanol–water partition coefficient (Wildman–Crippen LogP) is 3.03. The summed E-state index contributed by atoms with van der Waals surface area (Å²) in [5.74, 6) is -0.431. The van der Waals surface area contributed by atoms with Crippen LogP contribution < -0.4 is 10.6 Å². The number of likely N-dealkylation sites (tertiary alicyclic amines) is 1. The van der Waals surface area contributed by atoms with E-state index in [1.54, 1.807) is 12.1 Å². The molecule has 2 aromatic carbocycles. The first-order chi connectivity index (χ1) is 13.6. The SMILES string of the molecule is Cc1cccc(C(=O)NCC(=O)NCc2ccc(CN3CCCCC3)cc2)c1. The minimum absolute atomic E-state index is 0.0280. The standard InChI is InChI=1S/C23H29N3O2/c1-18-6-5-7-21(14-18)23(28)25-16-22(27)24-15-19-8-10-20(11-9-19)17-26-12-3-2-4-13-26/h5-11,14H,2-4,12-13,15-17H2,1H3,(H,24,27)(H,25,28). The average Bonchev–Trinajstić information content (AvgIpc) is 2.72. The fourth-order valence-electron chi connectivity index (χ4n) is 3.45. The van der Waals surface area contributed by atoms with E-state index in [2.05, 4.69) is 39.8 Å². The zero-order valence-corrected chi connectivity index (χ0v) is 16.5. The molecule has 2 aromatic rings. The third kappa shape index (κ3) is 6.20. The van der Waals surface area contributed by atoms with Crippen molar-refractivity contribution >= 4 is 11.8 Å². The van der Waals surface area contributed by atoms with E-state index >= 15 is 0 Å². The van der Waals surface area contributed by atoms with Gasteiger partial charge in [-0.2, -0.15) is 0 Å². The number of amides is 2. The number of hydrogen-bond donors (Lipinski definition) is 2. The van der Waals surface area contributed by atoms with E-state index in [0.717, 1.165) is 17.7 Å². The van der Waals surface area contributed by atoms with Crippen molar-refractivity contribution in [1.82, 2.24) is 15.5 Å². The van der Waals surface area contributed by atoms with E-state index in [0.29, 0.717) is 12.1 Å². The van der Waals surface area contributed by atoms with E-state index in [-0.39, 0.29) is 18.4 Å². The molecule has 1 fully saturated rings. The van der Waals surface area contributed by atoms with E-state index < -0.39 is 0 Å². The summed E-state index contributed by atoms with van der Waals surface area (Å²) in [6.45, 7) is 5.74. The maximum Gasteiger partial charge on any atom is 0.251 e. The molecule has 0 saturated carbocycles. The van der Waals surface area contributed by atoms with Gasteiger partial charge in [-0.1, -0.05) is 48.4 Å². The molecule has 0 unspecified atom stereocenters. The van der Waals surface area contributed by atoms with E-state index in [1.807, 2.05) is 19.1 Å². The molecule has 0 atom stereocenters. The van der Waals surface area contributed by atoms with Crippen molar-refractivity contribution in [3.8, 4) is 0 Å². The van der Waals surface area contributed by atoms with Crippen molar-refractivity contribution in [1.29, 1.82) is 0 Å². The quantitative estimate of drug-likeness (QED) is 0.777. The van der Waals surface area contributed by atoms with Crippen LogP contribution in [0.4, 0.5) is 0 Å². The van der Waals surface area contributed by atoms with Crippen LogP contribution >= 0.6 is 0 Å². The fraction of sp³-hybridized carbons (Fsp3) is 0.391. The lowest BCUT2D eigenvalue weighted by Gasteiger charge is -2.26. The Morgan fingerprint density at radius 1 is 0.929 bits per heavy atom. The van der Waals surface area contributed by atoms with Crippen LogP contribution in [0.2, 0.25) is 0 Å². The van der Waals surface area contributed by atoms with Crippen LogP contribution in [0.5, 0.6) is 0 Å². The molecule has 3 rings (SSSR count). The highest BCUT2D eigenvalue weighted by atomic mass is 16.2. The van der Waals surface area contributed by atoms with Crippen LogP contribution in [0, 0.1) is 6.92 Å². The van der Waals surface area contributed by atoms with Gasteiger partial charge in [-0.05, 0) is 56.1 Å². The molecule has 0 radical (unpaired) electrons. The van der Waals surface area contributed by atoms with Crippen LogP contribution in [-0.2, 0) is 17.9 Å². The molecule has 1 heterocycles. The summed E-state index contributed by atoms with van der Waals surface area (Å²) in [5, 5.41) is 5.51. The Hall–Kier alpha value is -2.66. The molecule has 0 aliphatic carbocycles. The van der Waals surface area contributed by atoms with Crippen molar-refractivity contribution in [2.75, 3.05) is 19.6 Å². The maximum atomic E-state index is 12.1. The number of hydrogen-bond acceptors (Lipinski definition) is 3. The Balaban J connectivity index is 1.39. The molecule has 28 heavy (non-hydrogen) atoms. The predicted molar refractivity (Wildman–Crippen MR) is 111 cm³/mol. The monoisotopic (exact) mass is 379 g/mol. The highest BCUT2D eigenvalue weighted by molar-refractivity contribution is 5.96. The Morgan fingerprint density at radius 3 is 2.36 bits per heavy atom. The number of piperidine rings is 1. The summed E-state index contributed by atoms with van der Waals surface area (Å²) in [5.41, 5.74) is 3.95. The van der Waals surface area contributed by atoms with Gasteiger partial charge in [0.05, 0.1) is 6.54 Å². The minimum Gasteiger partial charge on any atom is -0.350 e. The molecule has 2 N–H and O–H groups in total. The second-order valence-corrected chi connectivity index (χ2v) is 7.48. The van der Waals surface area contributed by atoms with Crippen molar-refractivity contribution in [3.63, 3.8) is 0 Å². The number of rotatable bonds is 7. The number of nitrogens with one attached hydrogen (secondary N) is 2. The first-order valence-electron chi connectivity index (χ1n) is 10.0. The smallest absolute Gasteiger partial charge is 0.251 e. The normalized spacial score (nSPS) is 14.5. The number of carbonyl (C=O) groups is 2. The van der Waals surface area contributed by atoms with Crippen molar-refractivity contribution in [2.45, 2.75) is 39.3 Å². The maximum absolute atomic E-state index is 12.1. The van der Waals surface area contributed by atoms with Gasteiger partial charge in [-0.25, -0.2) is 0 Å². The van der Waals surface area contributed by atoms with Gasteiger partial charge >= 0.3 is 0 Å². The van der Waals surface area contributed by atoms with Gasteiger partial charge in [0.1, 0.15) is 0 Å². The molecule has 1 aliphatic heterocycles. The van der Waals surface area contributed by atoms with Crippen LogP contribution in [-0.4, -0.2) is 36.3 Å². The van der Waals surface area contributed by atoms with Crippen molar-refractivity contribution < 1.29 is 9.59 Å². The molecule has 1 saturated heterocycles. The molecule has 0 spiro atoms. The third-order valence-corrected chi connectivity index (χ3v) is 5.06. The van der Waals surface area contributed by atoms with E-state index in [4.69, 9.17) is 0 Å². The topological polar surface area (TPSA) is 61.4 Å². The molecule has 2 amide bonds.